The van der Waals surface area contributed by atoms with Crippen molar-refractivity contribution in [1.82, 2.24) is 10.2 Å². The summed E-state index contributed by atoms with van der Waals surface area (Å²) in [6, 6.07) is 8.16. The van der Waals surface area contributed by atoms with Gasteiger partial charge < -0.3 is 10.4 Å². The minimum atomic E-state index is -0.113. The number of amides is 1. The van der Waals surface area contributed by atoms with Gasteiger partial charge in [-0.25, -0.2) is 0 Å². The maximum atomic E-state index is 12.2. The molecule has 1 saturated heterocycles. The normalized spacial score (nSPS) is 20.4. The van der Waals surface area contributed by atoms with Crippen LogP contribution in [0.3, 0.4) is 0 Å². The summed E-state index contributed by atoms with van der Waals surface area (Å²) in [4.78, 5) is 14.3. The molecule has 1 amide bonds. The Hall–Kier alpha value is -1.39. The van der Waals surface area contributed by atoms with Gasteiger partial charge in [0.25, 0.3) is 0 Å². The number of aliphatic hydroxyl groups is 1. The average Bonchev–Trinajstić information content (AvgIpc) is 2.97. The molecule has 0 aromatic heterocycles. The monoisotopic (exact) mass is 290 g/mol. The van der Waals surface area contributed by atoms with Gasteiger partial charge in [0.2, 0.25) is 5.91 Å². The van der Waals surface area contributed by atoms with E-state index in [2.05, 4.69) is 29.3 Å². The summed E-state index contributed by atoms with van der Waals surface area (Å²) in [5, 5.41) is 12.2. The summed E-state index contributed by atoms with van der Waals surface area (Å²) in [7, 11) is 0. The smallest absolute Gasteiger partial charge is 0.237 e. The number of hydrogen-bond donors (Lipinski definition) is 2. The Bertz CT molecular complexity index is 476. The molecular formula is C17H26N2O2. The molecular weight excluding hydrogens is 264 g/mol. The number of carbonyl (C=O) groups is 1. The fraction of sp³-hybridized carbons (Fsp3) is 0.588. The van der Waals surface area contributed by atoms with Crippen molar-refractivity contribution in [2.24, 2.45) is 5.92 Å². The van der Waals surface area contributed by atoms with Crippen molar-refractivity contribution < 1.29 is 9.90 Å². The topological polar surface area (TPSA) is 52.6 Å². The molecule has 21 heavy (non-hydrogen) atoms. The molecule has 0 bridgehead atoms. The van der Waals surface area contributed by atoms with Gasteiger partial charge in [-0.05, 0) is 50.3 Å². The highest BCUT2D eigenvalue weighted by Crippen LogP contribution is 2.17. The van der Waals surface area contributed by atoms with Crippen LogP contribution < -0.4 is 5.32 Å². The first-order chi connectivity index (χ1) is 10.1. The summed E-state index contributed by atoms with van der Waals surface area (Å²) < 4.78 is 0. The standard InChI is InChI=1S/C17H26N2O2/c1-13-5-3-4-6-16(13)7-9-18-17(21)14(2)19-10-8-15(11-19)12-20/h3-6,14-15,20H,7-12H2,1-2H3,(H,18,21)/t14-,15-/m0/s1. The zero-order valence-corrected chi connectivity index (χ0v) is 13.0. The molecule has 1 fully saturated rings. The third-order valence-electron chi connectivity index (χ3n) is 4.46. The van der Waals surface area contributed by atoms with Gasteiger partial charge in [0.1, 0.15) is 0 Å². The molecule has 2 atom stereocenters. The van der Waals surface area contributed by atoms with Crippen molar-refractivity contribution in [3.8, 4) is 0 Å². The first-order valence-electron chi connectivity index (χ1n) is 7.79. The molecule has 2 N–H and O–H groups in total. The molecule has 2 rings (SSSR count). The Morgan fingerprint density at radius 1 is 1.48 bits per heavy atom. The van der Waals surface area contributed by atoms with Gasteiger partial charge in [-0.3, -0.25) is 9.69 Å². The first kappa shape index (κ1) is 16.0. The molecule has 0 saturated carbocycles. The zero-order valence-electron chi connectivity index (χ0n) is 13.0. The van der Waals surface area contributed by atoms with E-state index in [9.17, 15) is 9.90 Å². The molecule has 1 heterocycles. The van der Waals surface area contributed by atoms with Crippen LogP contribution in [-0.2, 0) is 11.2 Å². The molecule has 0 spiro atoms. The second-order valence-corrected chi connectivity index (χ2v) is 5.98. The van der Waals surface area contributed by atoms with Gasteiger partial charge in [-0.2, -0.15) is 0 Å². The van der Waals surface area contributed by atoms with Gasteiger partial charge in [0, 0.05) is 19.7 Å². The number of nitrogens with one attached hydrogen (secondary N) is 1. The lowest BCUT2D eigenvalue weighted by Gasteiger charge is -2.23. The number of aryl methyl sites for hydroxylation is 1. The van der Waals surface area contributed by atoms with Gasteiger partial charge in [0.15, 0.2) is 0 Å². The minimum Gasteiger partial charge on any atom is -0.396 e. The molecule has 1 aromatic carbocycles. The lowest BCUT2D eigenvalue weighted by atomic mass is 10.1. The Balaban J connectivity index is 1.76. The van der Waals surface area contributed by atoms with E-state index in [0.29, 0.717) is 12.5 Å². The van der Waals surface area contributed by atoms with E-state index in [0.717, 1.165) is 25.9 Å². The minimum absolute atomic E-state index is 0.0853. The van der Waals surface area contributed by atoms with Crippen molar-refractivity contribution in [3.63, 3.8) is 0 Å². The van der Waals surface area contributed by atoms with E-state index in [1.54, 1.807) is 0 Å². The predicted molar refractivity (Wildman–Crippen MR) is 84.1 cm³/mol. The summed E-state index contributed by atoms with van der Waals surface area (Å²) >= 11 is 0. The third-order valence-corrected chi connectivity index (χ3v) is 4.46. The van der Waals surface area contributed by atoms with E-state index in [4.69, 9.17) is 0 Å². The molecule has 4 nitrogen and oxygen atoms in total. The molecule has 4 heteroatoms. The van der Waals surface area contributed by atoms with E-state index < -0.39 is 0 Å². The highest BCUT2D eigenvalue weighted by atomic mass is 16.3. The van der Waals surface area contributed by atoms with Crippen molar-refractivity contribution in [2.45, 2.75) is 32.7 Å². The Morgan fingerprint density at radius 2 is 2.24 bits per heavy atom. The van der Waals surface area contributed by atoms with Crippen LogP contribution in [0.4, 0.5) is 0 Å². The second-order valence-electron chi connectivity index (χ2n) is 5.98. The molecule has 1 aromatic rings. The summed E-state index contributed by atoms with van der Waals surface area (Å²) in [5.74, 6) is 0.411. The summed E-state index contributed by atoms with van der Waals surface area (Å²) in [6.07, 6.45) is 1.85. The average molecular weight is 290 g/mol. The SMILES string of the molecule is Cc1ccccc1CCNC(=O)[C@H](C)N1CC[C@H](CO)C1. The fourth-order valence-electron chi connectivity index (χ4n) is 2.89. The van der Waals surface area contributed by atoms with Crippen molar-refractivity contribution in [1.29, 1.82) is 0 Å². The maximum absolute atomic E-state index is 12.2. The fourth-order valence-corrected chi connectivity index (χ4v) is 2.89. The molecule has 1 aliphatic heterocycles. The third kappa shape index (κ3) is 4.29. The molecule has 0 unspecified atom stereocenters. The van der Waals surface area contributed by atoms with Crippen LogP contribution in [0.5, 0.6) is 0 Å². The van der Waals surface area contributed by atoms with Crippen LogP contribution in [0.15, 0.2) is 24.3 Å². The van der Waals surface area contributed by atoms with Crippen LogP contribution in [0.2, 0.25) is 0 Å². The number of aliphatic hydroxyl groups excluding tert-OH is 1. The van der Waals surface area contributed by atoms with Crippen molar-refractivity contribution in [2.75, 3.05) is 26.2 Å². The van der Waals surface area contributed by atoms with E-state index in [1.165, 1.54) is 11.1 Å². The second kappa shape index (κ2) is 7.57. The van der Waals surface area contributed by atoms with Crippen molar-refractivity contribution >= 4 is 5.91 Å². The van der Waals surface area contributed by atoms with E-state index in [1.807, 2.05) is 19.1 Å². The van der Waals surface area contributed by atoms with Crippen LogP contribution >= 0.6 is 0 Å². The Kier molecular flexibility index (Phi) is 5.76. The number of likely N-dealkylation sites (tertiary alicyclic amines) is 1. The van der Waals surface area contributed by atoms with Crippen molar-refractivity contribution in [3.05, 3.63) is 35.4 Å². The van der Waals surface area contributed by atoms with E-state index >= 15 is 0 Å². The Labute approximate surface area is 127 Å². The van der Waals surface area contributed by atoms with Gasteiger partial charge in [0.05, 0.1) is 6.04 Å². The van der Waals surface area contributed by atoms with Crippen LogP contribution in [-0.4, -0.2) is 48.2 Å². The van der Waals surface area contributed by atoms with Gasteiger partial charge in [-0.1, -0.05) is 24.3 Å². The number of benzene rings is 1. The lowest BCUT2D eigenvalue weighted by molar-refractivity contribution is -0.125. The van der Waals surface area contributed by atoms with Gasteiger partial charge in [-0.15, -0.1) is 0 Å². The summed E-state index contributed by atoms with van der Waals surface area (Å²) in [6.45, 7) is 6.66. The maximum Gasteiger partial charge on any atom is 0.237 e. The quantitative estimate of drug-likeness (QED) is 0.832. The predicted octanol–water partition coefficient (Wildman–Crippen LogP) is 1.36. The number of nitrogens with zero attached hydrogens (tertiary/aromatic N) is 1. The van der Waals surface area contributed by atoms with Crippen LogP contribution in [0.25, 0.3) is 0 Å². The molecule has 0 aliphatic carbocycles. The molecule has 1 aliphatic rings. The lowest BCUT2D eigenvalue weighted by Crippen LogP contribution is -2.44. The largest absolute Gasteiger partial charge is 0.396 e. The highest BCUT2D eigenvalue weighted by Gasteiger charge is 2.28. The number of hydrogen-bond acceptors (Lipinski definition) is 3. The first-order valence-corrected chi connectivity index (χ1v) is 7.79. The molecule has 116 valence electrons. The number of carbonyl (C=O) groups excluding carboxylic acids is 1. The van der Waals surface area contributed by atoms with Crippen LogP contribution in [0.1, 0.15) is 24.5 Å². The number of rotatable bonds is 6. The van der Waals surface area contributed by atoms with E-state index in [-0.39, 0.29) is 18.6 Å². The highest BCUT2D eigenvalue weighted by molar-refractivity contribution is 5.81. The van der Waals surface area contributed by atoms with Gasteiger partial charge >= 0.3 is 0 Å². The van der Waals surface area contributed by atoms with Crippen LogP contribution in [0, 0.1) is 12.8 Å². The zero-order chi connectivity index (χ0) is 15.2. The summed E-state index contributed by atoms with van der Waals surface area (Å²) in [5.41, 5.74) is 2.55. The Morgan fingerprint density at radius 3 is 2.90 bits per heavy atom. The molecule has 0 radical (unpaired) electrons.